The van der Waals surface area contributed by atoms with Gasteiger partial charge >= 0.3 is 0 Å². The van der Waals surface area contributed by atoms with Crippen molar-refractivity contribution in [2.45, 2.75) is 50.5 Å². The minimum Gasteiger partial charge on any atom is -0.382 e. The molecule has 0 spiro atoms. The minimum absolute atomic E-state index is 0.153. The molecule has 0 radical (unpaired) electrons. The summed E-state index contributed by atoms with van der Waals surface area (Å²) >= 11 is 0. The van der Waals surface area contributed by atoms with E-state index in [9.17, 15) is 8.42 Å². The summed E-state index contributed by atoms with van der Waals surface area (Å²) in [6.07, 6.45) is 4.96. The lowest BCUT2D eigenvalue weighted by Gasteiger charge is -2.27. The van der Waals surface area contributed by atoms with Crippen molar-refractivity contribution in [1.82, 2.24) is 0 Å². The minimum atomic E-state index is -3.08. The SMILES string of the molecule is CCS(=O)(=O)c1ccc(NC2CCC(C)CC2)cc1. The molecule has 4 heteroatoms. The fraction of sp³-hybridized carbons (Fsp3) is 0.600. The van der Waals surface area contributed by atoms with Crippen LogP contribution in [0.25, 0.3) is 0 Å². The largest absolute Gasteiger partial charge is 0.382 e. The number of sulfone groups is 1. The smallest absolute Gasteiger partial charge is 0.178 e. The van der Waals surface area contributed by atoms with Crippen LogP contribution in [0.3, 0.4) is 0 Å². The van der Waals surface area contributed by atoms with Crippen LogP contribution in [-0.2, 0) is 9.84 Å². The highest BCUT2D eigenvalue weighted by Gasteiger charge is 2.18. The Balaban J connectivity index is 1.99. The van der Waals surface area contributed by atoms with E-state index in [0.717, 1.165) is 11.6 Å². The van der Waals surface area contributed by atoms with Gasteiger partial charge < -0.3 is 5.32 Å². The van der Waals surface area contributed by atoms with Gasteiger partial charge in [-0.25, -0.2) is 8.42 Å². The van der Waals surface area contributed by atoms with Gasteiger partial charge in [0.2, 0.25) is 0 Å². The molecule has 3 nitrogen and oxygen atoms in total. The molecular weight excluding hydrogens is 258 g/mol. The van der Waals surface area contributed by atoms with Crippen molar-refractivity contribution in [3.8, 4) is 0 Å². The van der Waals surface area contributed by atoms with Gasteiger partial charge in [0.25, 0.3) is 0 Å². The van der Waals surface area contributed by atoms with Crippen LogP contribution in [0.5, 0.6) is 0 Å². The van der Waals surface area contributed by atoms with E-state index in [1.807, 2.05) is 12.1 Å². The third kappa shape index (κ3) is 3.72. The molecule has 0 saturated heterocycles. The number of hydrogen-bond donors (Lipinski definition) is 1. The summed E-state index contributed by atoms with van der Waals surface area (Å²) in [6, 6.07) is 7.69. The molecule has 0 aromatic heterocycles. The molecule has 0 aliphatic heterocycles. The molecule has 1 aromatic carbocycles. The Kier molecular flexibility index (Phi) is 4.50. The monoisotopic (exact) mass is 281 g/mol. The van der Waals surface area contributed by atoms with Gasteiger partial charge in [-0.2, -0.15) is 0 Å². The zero-order valence-electron chi connectivity index (χ0n) is 11.7. The number of rotatable bonds is 4. The maximum Gasteiger partial charge on any atom is 0.178 e. The molecule has 0 amide bonds. The molecule has 19 heavy (non-hydrogen) atoms. The van der Waals surface area contributed by atoms with E-state index in [1.165, 1.54) is 25.7 Å². The van der Waals surface area contributed by atoms with Gasteiger partial charge in [-0.1, -0.05) is 13.8 Å². The average Bonchev–Trinajstić information content (AvgIpc) is 2.42. The van der Waals surface area contributed by atoms with Gasteiger partial charge in [0.15, 0.2) is 9.84 Å². The Bertz CT molecular complexity index is 499. The molecule has 1 fully saturated rings. The van der Waals surface area contributed by atoms with Crippen molar-refractivity contribution in [3.63, 3.8) is 0 Å². The van der Waals surface area contributed by atoms with Gasteiger partial charge in [0, 0.05) is 11.7 Å². The van der Waals surface area contributed by atoms with Crippen molar-refractivity contribution in [2.24, 2.45) is 5.92 Å². The molecular formula is C15H23NO2S. The van der Waals surface area contributed by atoms with Crippen LogP contribution in [0, 0.1) is 5.92 Å². The van der Waals surface area contributed by atoms with Crippen LogP contribution < -0.4 is 5.32 Å². The highest BCUT2D eigenvalue weighted by molar-refractivity contribution is 7.91. The molecule has 1 saturated carbocycles. The molecule has 1 aliphatic carbocycles. The fourth-order valence-corrected chi connectivity index (χ4v) is 3.45. The quantitative estimate of drug-likeness (QED) is 0.919. The van der Waals surface area contributed by atoms with E-state index < -0.39 is 9.84 Å². The second kappa shape index (κ2) is 5.95. The van der Waals surface area contributed by atoms with Crippen LogP contribution in [0.1, 0.15) is 39.5 Å². The molecule has 1 aliphatic rings. The van der Waals surface area contributed by atoms with Crippen LogP contribution in [-0.4, -0.2) is 20.2 Å². The van der Waals surface area contributed by atoms with Crippen LogP contribution >= 0.6 is 0 Å². The molecule has 106 valence electrons. The normalized spacial score (nSPS) is 24.1. The topological polar surface area (TPSA) is 46.2 Å². The third-order valence-corrected chi connectivity index (χ3v) is 5.73. The standard InChI is InChI=1S/C15H23NO2S/c1-3-19(17,18)15-10-8-14(9-11-15)16-13-6-4-12(2)5-7-13/h8-13,16H,3-7H2,1-2H3. The predicted octanol–water partition coefficient (Wildman–Crippen LogP) is 3.47. The van der Waals surface area contributed by atoms with Crippen LogP contribution in [0.2, 0.25) is 0 Å². The Labute approximate surface area is 116 Å². The predicted molar refractivity (Wildman–Crippen MR) is 79.2 cm³/mol. The first-order valence-electron chi connectivity index (χ1n) is 7.10. The maximum atomic E-state index is 11.7. The first-order valence-corrected chi connectivity index (χ1v) is 8.76. The molecule has 1 aromatic rings. The van der Waals surface area contributed by atoms with E-state index >= 15 is 0 Å². The van der Waals surface area contributed by atoms with Crippen molar-refractivity contribution in [1.29, 1.82) is 0 Å². The van der Waals surface area contributed by atoms with E-state index in [-0.39, 0.29) is 5.75 Å². The van der Waals surface area contributed by atoms with Gasteiger partial charge in [-0.05, 0) is 55.9 Å². The van der Waals surface area contributed by atoms with E-state index in [2.05, 4.69) is 12.2 Å². The second-order valence-electron chi connectivity index (χ2n) is 5.53. The van der Waals surface area contributed by atoms with Crippen molar-refractivity contribution in [3.05, 3.63) is 24.3 Å². The highest BCUT2D eigenvalue weighted by Crippen LogP contribution is 2.26. The first-order chi connectivity index (χ1) is 9.01. The number of hydrogen-bond acceptors (Lipinski definition) is 3. The van der Waals surface area contributed by atoms with Crippen LogP contribution in [0.15, 0.2) is 29.2 Å². The molecule has 0 heterocycles. The Morgan fingerprint density at radius 1 is 1.11 bits per heavy atom. The lowest BCUT2D eigenvalue weighted by Crippen LogP contribution is -2.25. The second-order valence-corrected chi connectivity index (χ2v) is 7.81. The number of nitrogens with one attached hydrogen (secondary N) is 1. The summed E-state index contributed by atoms with van der Waals surface area (Å²) in [6.45, 7) is 3.98. The zero-order chi connectivity index (χ0) is 13.9. The molecule has 0 atom stereocenters. The van der Waals surface area contributed by atoms with Crippen molar-refractivity contribution >= 4 is 15.5 Å². The lowest BCUT2D eigenvalue weighted by atomic mass is 9.87. The van der Waals surface area contributed by atoms with Gasteiger partial charge in [-0.3, -0.25) is 0 Å². The summed E-state index contributed by atoms with van der Waals surface area (Å²) in [7, 11) is -3.08. The summed E-state index contributed by atoms with van der Waals surface area (Å²) in [4.78, 5) is 0.415. The summed E-state index contributed by atoms with van der Waals surface area (Å²) < 4.78 is 23.4. The Hall–Kier alpha value is -1.03. The van der Waals surface area contributed by atoms with Crippen molar-refractivity contribution < 1.29 is 8.42 Å². The van der Waals surface area contributed by atoms with E-state index in [4.69, 9.17) is 0 Å². The molecule has 0 unspecified atom stereocenters. The number of benzene rings is 1. The number of anilines is 1. The van der Waals surface area contributed by atoms with E-state index in [0.29, 0.717) is 10.9 Å². The van der Waals surface area contributed by atoms with Crippen molar-refractivity contribution in [2.75, 3.05) is 11.1 Å². The van der Waals surface area contributed by atoms with Gasteiger partial charge in [0.05, 0.1) is 10.6 Å². The highest BCUT2D eigenvalue weighted by atomic mass is 32.2. The van der Waals surface area contributed by atoms with E-state index in [1.54, 1.807) is 19.1 Å². The zero-order valence-corrected chi connectivity index (χ0v) is 12.5. The Morgan fingerprint density at radius 2 is 1.68 bits per heavy atom. The summed E-state index contributed by atoms with van der Waals surface area (Å²) in [5, 5.41) is 3.50. The van der Waals surface area contributed by atoms with Crippen LogP contribution in [0.4, 0.5) is 5.69 Å². The molecule has 0 bridgehead atoms. The summed E-state index contributed by atoms with van der Waals surface area (Å²) in [5.74, 6) is 0.996. The average molecular weight is 281 g/mol. The maximum absolute atomic E-state index is 11.7. The van der Waals surface area contributed by atoms with Gasteiger partial charge in [-0.15, -0.1) is 0 Å². The third-order valence-electron chi connectivity index (χ3n) is 3.98. The fourth-order valence-electron chi connectivity index (χ4n) is 2.57. The first kappa shape index (κ1) is 14.4. The molecule has 2 rings (SSSR count). The Morgan fingerprint density at radius 3 is 2.21 bits per heavy atom. The van der Waals surface area contributed by atoms with Gasteiger partial charge in [0.1, 0.15) is 0 Å². The lowest BCUT2D eigenvalue weighted by molar-refractivity contribution is 0.361. The summed E-state index contributed by atoms with van der Waals surface area (Å²) in [5.41, 5.74) is 1.02. The molecule has 1 N–H and O–H groups in total.